The van der Waals surface area contributed by atoms with Gasteiger partial charge in [-0.2, -0.15) is 0 Å². The van der Waals surface area contributed by atoms with Crippen LogP contribution in [-0.4, -0.2) is 30.3 Å². The molecule has 0 bridgehead atoms. The molecule has 7 heteroatoms. The molecular formula is C19H17N3O3S. The van der Waals surface area contributed by atoms with Crippen LogP contribution >= 0.6 is 11.3 Å². The Morgan fingerprint density at radius 2 is 1.58 bits per heavy atom. The van der Waals surface area contributed by atoms with Gasteiger partial charge >= 0.3 is 0 Å². The van der Waals surface area contributed by atoms with Crippen molar-refractivity contribution >= 4 is 28.5 Å². The molecule has 132 valence electrons. The topological polar surface area (TPSA) is 73.3 Å². The molecule has 0 saturated heterocycles. The zero-order valence-corrected chi connectivity index (χ0v) is 15.1. The Kier molecular flexibility index (Phi) is 5.60. The summed E-state index contributed by atoms with van der Waals surface area (Å²) in [6.45, 7) is 0. The third-order valence-electron chi connectivity index (χ3n) is 3.54. The summed E-state index contributed by atoms with van der Waals surface area (Å²) >= 11 is 1.31. The van der Waals surface area contributed by atoms with Gasteiger partial charge in [0.15, 0.2) is 0 Å². The van der Waals surface area contributed by atoms with E-state index in [1.807, 2.05) is 48.5 Å². The second kappa shape index (κ2) is 8.26. The average molecular weight is 367 g/mol. The number of amides is 1. The molecule has 2 aromatic carbocycles. The van der Waals surface area contributed by atoms with E-state index in [1.54, 1.807) is 20.3 Å². The number of ether oxygens (including phenoxy) is 2. The second-order valence-corrected chi connectivity index (χ2v) is 6.21. The van der Waals surface area contributed by atoms with Gasteiger partial charge in [-0.25, -0.2) is 0 Å². The third-order valence-corrected chi connectivity index (χ3v) is 4.42. The van der Waals surface area contributed by atoms with Crippen molar-refractivity contribution in [2.24, 2.45) is 0 Å². The summed E-state index contributed by atoms with van der Waals surface area (Å²) in [6, 6.07) is 14.9. The summed E-state index contributed by atoms with van der Waals surface area (Å²) in [5.74, 6) is 1.28. The lowest BCUT2D eigenvalue weighted by molar-refractivity contribution is -0.111. The summed E-state index contributed by atoms with van der Waals surface area (Å²) in [5.41, 5.74) is 1.81. The van der Waals surface area contributed by atoms with Crippen molar-refractivity contribution in [2.45, 2.75) is 0 Å². The van der Waals surface area contributed by atoms with Crippen LogP contribution in [0.2, 0.25) is 0 Å². The molecule has 0 aliphatic carbocycles. The van der Waals surface area contributed by atoms with Crippen LogP contribution in [0.5, 0.6) is 11.5 Å². The molecule has 1 heterocycles. The van der Waals surface area contributed by atoms with Crippen LogP contribution in [0.3, 0.4) is 0 Å². The van der Waals surface area contributed by atoms with Crippen molar-refractivity contribution in [3.05, 3.63) is 60.2 Å². The fraction of sp³-hybridized carbons (Fsp3) is 0.105. The molecule has 0 spiro atoms. The maximum atomic E-state index is 12.0. The minimum atomic E-state index is -0.266. The fourth-order valence-corrected chi connectivity index (χ4v) is 2.91. The van der Waals surface area contributed by atoms with E-state index in [-0.39, 0.29) is 5.91 Å². The van der Waals surface area contributed by atoms with Gasteiger partial charge in [-0.3, -0.25) is 10.1 Å². The number of rotatable bonds is 6. The van der Waals surface area contributed by atoms with Gasteiger partial charge in [0, 0.05) is 11.6 Å². The molecule has 26 heavy (non-hydrogen) atoms. The lowest BCUT2D eigenvalue weighted by Crippen LogP contribution is -2.07. The highest BCUT2D eigenvalue weighted by Gasteiger charge is 2.08. The SMILES string of the molecule is COc1ccc(/C=C/C(=O)Nc2nnc(-c3ccc(OC)cc3)s2)cc1. The van der Waals surface area contributed by atoms with Crippen LogP contribution in [0.1, 0.15) is 5.56 Å². The van der Waals surface area contributed by atoms with Crippen LogP contribution < -0.4 is 14.8 Å². The lowest BCUT2D eigenvalue weighted by atomic mass is 10.2. The molecule has 1 N–H and O–H groups in total. The number of methoxy groups -OCH3 is 2. The number of aromatic nitrogens is 2. The molecule has 0 saturated carbocycles. The van der Waals surface area contributed by atoms with Gasteiger partial charge in [-0.05, 0) is 48.0 Å². The highest BCUT2D eigenvalue weighted by Crippen LogP contribution is 2.27. The molecule has 3 rings (SSSR count). The highest BCUT2D eigenvalue weighted by molar-refractivity contribution is 7.18. The first-order valence-electron chi connectivity index (χ1n) is 7.79. The molecule has 6 nitrogen and oxygen atoms in total. The van der Waals surface area contributed by atoms with Gasteiger partial charge < -0.3 is 9.47 Å². The van der Waals surface area contributed by atoms with E-state index < -0.39 is 0 Å². The molecule has 0 atom stereocenters. The van der Waals surface area contributed by atoms with Crippen LogP contribution in [-0.2, 0) is 4.79 Å². The Morgan fingerprint density at radius 1 is 0.962 bits per heavy atom. The summed E-state index contributed by atoms with van der Waals surface area (Å²) in [7, 11) is 3.23. The maximum Gasteiger partial charge on any atom is 0.250 e. The van der Waals surface area contributed by atoms with Gasteiger partial charge in [0.05, 0.1) is 14.2 Å². The molecule has 0 unspecified atom stereocenters. The molecule has 3 aromatic rings. The molecular weight excluding hydrogens is 350 g/mol. The lowest BCUT2D eigenvalue weighted by Gasteiger charge is -1.99. The average Bonchev–Trinajstić information content (AvgIpc) is 3.15. The molecule has 0 aliphatic heterocycles. The minimum absolute atomic E-state index is 0.266. The van der Waals surface area contributed by atoms with Gasteiger partial charge in [0.25, 0.3) is 0 Å². The standard InChI is InChI=1S/C19H17N3O3S/c1-24-15-8-3-13(4-9-15)5-12-17(23)20-19-22-21-18(26-19)14-6-10-16(25-2)11-7-14/h3-12H,1-2H3,(H,20,22,23)/b12-5+. The molecule has 0 aliphatic rings. The summed E-state index contributed by atoms with van der Waals surface area (Å²) < 4.78 is 10.2. The molecule has 1 amide bonds. The minimum Gasteiger partial charge on any atom is -0.497 e. The highest BCUT2D eigenvalue weighted by atomic mass is 32.1. The normalized spacial score (nSPS) is 10.7. The predicted molar refractivity (Wildman–Crippen MR) is 103 cm³/mol. The Labute approximate surface area is 155 Å². The number of hydrogen-bond donors (Lipinski definition) is 1. The van der Waals surface area contributed by atoms with Crippen LogP contribution in [0, 0.1) is 0 Å². The van der Waals surface area contributed by atoms with Crippen molar-refractivity contribution in [1.29, 1.82) is 0 Å². The van der Waals surface area contributed by atoms with Crippen molar-refractivity contribution in [3.63, 3.8) is 0 Å². The van der Waals surface area contributed by atoms with E-state index in [1.165, 1.54) is 17.4 Å². The number of nitrogens with one attached hydrogen (secondary N) is 1. The Bertz CT molecular complexity index is 903. The van der Waals surface area contributed by atoms with Gasteiger partial charge in [0.2, 0.25) is 11.0 Å². The second-order valence-electron chi connectivity index (χ2n) is 5.24. The van der Waals surface area contributed by atoms with E-state index in [0.29, 0.717) is 5.13 Å². The van der Waals surface area contributed by atoms with Crippen LogP contribution in [0.15, 0.2) is 54.6 Å². The zero-order valence-electron chi connectivity index (χ0n) is 14.3. The molecule has 0 radical (unpaired) electrons. The number of nitrogens with zero attached hydrogens (tertiary/aromatic N) is 2. The van der Waals surface area contributed by atoms with Crippen molar-refractivity contribution in [2.75, 3.05) is 19.5 Å². The third kappa shape index (κ3) is 4.46. The van der Waals surface area contributed by atoms with E-state index in [0.717, 1.165) is 27.6 Å². The van der Waals surface area contributed by atoms with Crippen LogP contribution in [0.4, 0.5) is 5.13 Å². The van der Waals surface area contributed by atoms with E-state index in [9.17, 15) is 4.79 Å². The number of benzene rings is 2. The molecule has 0 fully saturated rings. The van der Waals surface area contributed by atoms with Crippen molar-refractivity contribution < 1.29 is 14.3 Å². The number of hydrogen-bond acceptors (Lipinski definition) is 6. The maximum absolute atomic E-state index is 12.0. The van der Waals surface area contributed by atoms with Crippen molar-refractivity contribution in [3.8, 4) is 22.1 Å². The van der Waals surface area contributed by atoms with Gasteiger partial charge in [0.1, 0.15) is 16.5 Å². The Morgan fingerprint density at radius 3 is 2.19 bits per heavy atom. The van der Waals surface area contributed by atoms with Crippen molar-refractivity contribution in [1.82, 2.24) is 10.2 Å². The fourth-order valence-electron chi connectivity index (χ4n) is 2.16. The summed E-state index contributed by atoms with van der Waals surface area (Å²) in [6.07, 6.45) is 3.18. The first-order valence-corrected chi connectivity index (χ1v) is 8.60. The van der Waals surface area contributed by atoms with E-state index in [2.05, 4.69) is 15.5 Å². The first-order chi connectivity index (χ1) is 12.7. The zero-order chi connectivity index (χ0) is 18.4. The smallest absolute Gasteiger partial charge is 0.250 e. The van der Waals surface area contributed by atoms with E-state index in [4.69, 9.17) is 9.47 Å². The molecule has 1 aromatic heterocycles. The monoisotopic (exact) mass is 367 g/mol. The Hall–Kier alpha value is -3.19. The van der Waals surface area contributed by atoms with Gasteiger partial charge in [-0.1, -0.05) is 23.5 Å². The predicted octanol–water partition coefficient (Wildman–Crippen LogP) is 3.87. The summed E-state index contributed by atoms with van der Waals surface area (Å²) in [5, 5.41) is 12.0. The van der Waals surface area contributed by atoms with Gasteiger partial charge in [-0.15, -0.1) is 10.2 Å². The number of anilines is 1. The van der Waals surface area contributed by atoms with E-state index >= 15 is 0 Å². The Balaban J connectivity index is 1.62. The summed E-state index contributed by atoms with van der Waals surface area (Å²) in [4.78, 5) is 12.0. The largest absolute Gasteiger partial charge is 0.497 e. The number of carbonyl (C=O) groups is 1. The van der Waals surface area contributed by atoms with Crippen LogP contribution in [0.25, 0.3) is 16.6 Å². The quantitative estimate of drug-likeness (QED) is 0.670. The first kappa shape index (κ1) is 17.6. The number of carbonyl (C=O) groups excluding carboxylic acids is 1.